The highest BCUT2D eigenvalue weighted by Gasteiger charge is 2.33. The Morgan fingerprint density at radius 1 is 0.436 bits per heavy atom. The number of hydrogen-bond acceptors (Lipinski definition) is 3. The summed E-state index contributed by atoms with van der Waals surface area (Å²) in [5.74, 6) is 0. The zero-order valence-electron chi connectivity index (χ0n) is 31.7. The van der Waals surface area contributed by atoms with Crippen LogP contribution in [0.1, 0.15) is 53.2 Å². The van der Waals surface area contributed by atoms with Crippen molar-refractivity contribution >= 4 is 0 Å². The van der Waals surface area contributed by atoms with Gasteiger partial charge in [0.15, 0.2) is 0 Å². The molecule has 268 valence electrons. The highest BCUT2D eigenvalue weighted by Crippen LogP contribution is 2.40. The summed E-state index contributed by atoms with van der Waals surface area (Å²) in [4.78, 5) is 15.4. The van der Waals surface area contributed by atoms with E-state index in [1.54, 1.807) is 0 Å². The summed E-state index contributed by atoms with van der Waals surface area (Å²) in [5, 5.41) is 0. The third-order valence-corrected chi connectivity index (χ3v) is 11.2. The molecule has 3 nitrogen and oxygen atoms in total. The lowest BCUT2D eigenvalue weighted by Crippen LogP contribution is -2.29. The summed E-state index contributed by atoms with van der Waals surface area (Å²) in [6.45, 7) is 6.84. The van der Waals surface area contributed by atoms with Gasteiger partial charge < -0.3 is 0 Å². The maximum atomic E-state index is 5.52. The van der Waals surface area contributed by atoms with E-state index in [0.29, 0.717) is 6.42 Å². The molecule has 0 spiro atoms. The number of rotatable bonds is 11. The van der Waals surface area contributed by atoms with Crippen molar-refractivity contribution in [3.05, 3.63) is 234 Å². The fourth-order valence-electron chi connectivity index (χ4n) is 8.02. The summed E-state index contributed by atoms with van der Waals surface area (Å²) < 4.78 is 0. The van der Waals surface area contributed by atoms with E-state index in [0.717, 1.165) is 34.8 Å². The second kappa shape index (κ2) is 15.5. The minimum Gasteiger partial charge on any atom is -0.260 e. The Hall–Kier alpha value is -6.45. The lowest BCUT2D eigenvalue weighted by molar-refractivity contribution is 0.540. The van der Waals surface area contributed by atoms with Gasteiger partial charge in [0.2, 0.25) is 0 Å². The van der Waals surface area contributed by atoms with Crippen LogP contribution in [0, 0.1) is 6.92 Å². The van der Waals surface area contributed by atoms with Crippen molar-refractivity contribution in [2.45, 2.75) is 44.4 Å². The van der Waals surface area contributed by atoms with E-state index in [-0.39, 0.29) is 5.41 Å². The van der Waals surface area contributed by atoms with E-state index in [1.807, 2.05) is 24.5 Å². The Bertz CT molecular complexity index is 2460. The summed E-state index contributed by atoms with van der Waals surface area (Å²) in [6, 6.07) is 64.6. The van der Waals surface area contributed by atoms with Crippen LogP contribution in [0.5, 0.6) is 0 Å². The first-order valence-electron chi connectivity index (χ1n) is 19.1. The minimum atomic E-state index is -0.395. The Balaban J connectivity index is 1.23. The van der Waals surface area contributed by atoms with Crippen LogP contribution in [-0.4, -0.2) is 15.0 Å². The molecule has 0 bridgehead atoms. The molecule has 55 heavy (non-hydrogen) atoms. The summed E-state index contributed by atoms with van der Waals surface area (Å²) in [5.41, 5.74) is 14.1. The average Bonchev–Trinajstić information content (AvgIpc) is 3.26. The van der Waals surface area contributed by atoms with Gasteiger partial charge in [-0.05, 0) is 108 Å². The number of nitrogens with zero attached hydrogens (tertiary/aromatic N) is 3. The second-order valence-electron chi connectivity index (χ2n) is 15.0. The van der Waals surface area contributed by atoms with Crippen LogP contribution in [0.25, 0.3) is 33.5 Å². The van der Waals surface area contributed by atoms with E-state index >= 15 is 0 Å². The van der Waals surface area contributed by atoms with Crippen LogP contribution >= 0.6 is 0 Å². The average molecular weight is 712 g/mol. The predicted molar refractivity (Wildman–Crippen MR) is 227 cm³/mol. The van der Waals surface area contributed by atoms with Crippen LogP contribution in [0.2, 0.25) is 0 Å². The molecule has 0 amide bonds. The van der Waals surface area contributed by atoms with E-state index in [4.69, 9.17) is 15.0 Å². The molecule has 0 radical (unpaired) electrons. The van der Waals surface area contributed by atoms with Crippen LogP contribution in [-0.2, 0) is 23.7 Å². The molecule has 0 saturated carbocycles. The van der Waals surface area contributed by atoms with Crippen molar-refractivity contribution in [1.29, 1.82) is 0 Å². The molecular formula is C52H45N3. The van der Waals surface area contributed by atoms with Gasteiger partial charge in [0.05, 0.1) is 17.1 Å². The lowest BCUT2D eigenvalue weighted by atomic mass is 9.73. The molecule has 8 aromatic rings. The SMILES string of the molecule is Cc1c(-c2ccccc2)cc(-c2cccc(CC(C)(c3cccc(-c4ccccc4)c3)c3ccccn3)c2)nc1CC(C)(c1ccccc1)c1ccccn1. The van der Waals surface area contributed by atoms with Crippen molar-refractivity contribution in [2.24, 2.45) is 0 Å². The molecule has 0 saturated heterocycles. The third-order valence-electron chi connectivity index (χ3n) is 11.2. The molecule has 8 rings (SSSR count). The van der Waals surface area contributed by atoms with Gasteiger partial charge in [-0.15, -0.1) is 0 Å². The zero-order valence-corrected chi connectivity index (χ0v) is 31.7. The van der Waals surface area contributed by atoms with Crippen LogP contribution in [0.4, 0.5) is 0 Å². The van der Waals surface area contributed by atoms with E-state index < -0.39 is 5.41 Å². The van der Waals surface area contributed by atoms with Gasteiger partial charge in [0.1, 0.15) is 0 Å². The first-order valence-corrected chi connectivity index (χ1v) is 19.1. The Labute approximate surface area is 325 Å². The van der Waals surface area contributed by atoms with Crippen molar-refractivity contribution < 1.29 is 0 Å². The zero-order chi connectivity index (χ0) is 37.7. The fraction of sp³-hybridized carbons (Fsp3) is 0.135. The molecule has 2 unspecified atom stereocenters. The first kappa shape index (κ1) is 35.6. The topological polar surface area (TPSA) is 38.7 Å². The standard InChI is InChI=1S/C52H45N3/c1-38-46(41-22-9-5-10-23-41)35-47(55-48(38)37-52(3,44-26-11-6-12-27-44)50-30-14-16-32-54-50)43-25-17-19-39(33-43)36-51(2,49-29-13-15-31-53-49)45-28-18-24-42(34-45)40-20-7-4-8-21-40/h4-35H,36-37H2,1-3H3. The molecule has 0 aliphatic heterocycles. The molecule has 3 aromatic heterocycles. The molecule has 3 heterocycles. The van der Waals surface area contributed by atoms with Gasteiger partial charge >= 0.3 is 0 Å². The van der Waals surface area contributed by atoms with Gasteiger partial charge in [0.25, 0.3) is 0 Å². The van der Waals surface area contributed by atoms with Crippen LogP contribution < -0.4 is 0 Å². The number of hydrogen-bond donors (Lipinski definition) is 0. The van der Waals surface area contributed by atoms with E-state index in [2.05, 4.69) is 191 Å². The Morgan fingerprint density at radius 3 is 1.60 bits per heavy atom. The molecule has 0 aliphatic rings. The molecule has 0 N–H and O–H groups in total. The second-order valence-corrected chi connectivity index (χ2v) is 15.0. The van der Waals surface area contributed by atoms with Gasteiger partial charge in [-0.2, -0.15) is 0 Å². The highest BCUT2D eigenvalue weighted by molar-refractivity contribution is 5.74. The molecule has 3 heteroatoms. The molecular weight excluding hydrogens is 667 g/mol. The minimum absolute atomic E-state index is 0.383. The third kappa shape index (κ3) is 7.39. The van der Waals surface area contributed by atoms with Crippen molar-refractivity contribution in [1.82, 2.24) is 15.0 Å². The lowest BCUT2D eigenvalue weighted by Gasteiger charge is -2.31. The summed E-state index contributed by atoms with van der Waals surface area (Å²) >= 11 is 0. The predicted octanol–water partition coefficient (Wildman–Crippen LogP) is 12.3. The number of pyridine rings is 3. The van der Waals surface area contributed by atoms with Gasteiger partial charge in [0, 0.05) is 40.9 Å². The molecule has 2 atom stereocenters. The molecule has 0 fully saturated rings. The summed E-state index contributed by atoms with van der Waals surface area (Å²) in [7, 11) is 0. The van der Waals surface area contributed by atoms with Crippen molar-refractivity contribution in [2.75, 3.05) is 0 Å². The Morgan fingerprint density at radius 2 is 0.964 bits per heavy atom. The quantitative estimate of drug-likeness (QED) is 0.134. The number of aromatic nitrogens is 3. The van der Waals surface area contributed by atoms with Crippen molar-refractivity contribution in [3.8, 4) is 33.5 Å². The van der Waals surface area contributed by atoms with Gasteiger partial charge in [-0.25, -0.2) is 0 Å². The van der Waals surface area contributed by atoms with Crippen molar-refractivity contribution in [3.63, 3.8) is 0 Å². The van der Waals surface area contributed by atoms with Crippen LogP contribution in [0.3, 0.4) is 0 Å². The maximum absolute atomic E-state index is 5.52. The van der Waals surface area contributed by atoms with Crippen LogP contribution in [0.15, 0.2) is 194 Å². The van der Waals surface area contributed by atoms with Gasteiger partial charge in [-0.1, -0.05) is 146 Å². The smallest absolute Gasteiger partial charge is 0.0711 e. The maximum Gasteiger partial charge on any atom is 0.0711 e. The largest absolute Gasteiger partial charge is 0.260 e. The fourth-order valence-corrected chi connectivity index (χ4v) is 8.02. The number of benzene rings is 5. The van der Waals surface area contributed by atoms with Gasteiger partial charge in [-0.3, -0.25) is 15.0 Å². The first-order chi connectivity index (χ1) is 26.9. The Kier molecular flexibility index (Phi) is 10.0. The normalized spacial score (nSPS) is 13.4. The van der Waals surface area contributed by atoms with E-state index in [1.165, 1.54) is 44.5 Å². The van der Waals surface area contributed by atoms with E-state index in [9.17, 15) is 0 Å². The molecule has 0 aliphatic carbocycles. The molecule has 5 aromatic carbocycles. The summed E-state index contributed by atoms with van der Waals surface area (Å²) in [6.07, 6.45) is 5.27. The highest BCUT2D eigenvalue weighted by atomic mass is 14.8. The monoisotopic (exact) mass is 711 g/mol.